The van der Waals surface area contributed by atoms with E-state index in [0.29, 0.717) is 24.7 Å². The lowest BCUT2D eigenvalue weighted by Crippen LogP contribution is -2.31. The Kier molecular flexibility index (Phi) is 5.56. The van der Waals surface area contributed by atoms with Gasteiger partial charge in [-0.15, -0.1) is 0 Å². The van der Waals surface area contributed by atoms with Gasteiger partial charge >= 0.3 is 0 Å². The lowest BCUT2D eigenvalue weighted by Gasteiger charge is -2.28. The third-order valence-electron chi connectivity index (χ3n) is 2.85. The molecule has 0 spiro atoms. The van der Waals surface area contributed by atoms with E-state index in [1.807, 2.05) is 0 Å². The number of rotatable bonds is 6. The number of anilines is 2. The molecule has 1 heterocycles. The highest BCUT2D eigenvalue weighted by Crippen LogP contribution is 2.29. The zero-order valence-electron chi connectivity index (χ0n) is 12.2. The van der Waals surface area contributed by atoms with Crippen LogP contribution in [0.25, 0.3) is 0 Å². The Bertz CT molecular complexity index is 448. The number of aromatic nitrogens is 2. The highest BCUT2D eigenvalue weighted by molar-refractivity contribution is 5.58. The van der Waals surface area contributed by atoms with Gasteiger partial charge in [0.25, 0.3) is 0 Å². The molecule has 104 valence electrons. The van der Waals surface area contributed by atoms with Crippen LogP contribution in [0, 0.1) is 17.2 Å². The summed E-state index contributed by atoms with van der Waals surface area (Å²) in [6, 6.07) is 2.19. The average Bonchev–Trinajstić information content (AvgIpc) is 2.33. The van der Waals surface area contributed by atoms with Gasteiger partial charge in [0.1, 0.15) is 18.0 Å². The first-order chi connectivity index (χ1) is 8.97. The van der Waals surface area contributed by atoms with Gasteiger partial charge in [0.05, 0.1) is 12.5 Å². The minimum Gasteiger partial charge on any atom is -0.383 e. The minimum atomic E-state index is 0.257. The van der Waals surface area contributed by atoms with Crippen LogP contribution in [0.5, 0.6) is 0 Å². The zero-order valence-corrected chi connectivity index (χ0v) is 12.2. The fourth-order valence-electron chi connectivity index (χ4n) is 2.11. The topological polar surface area (TPSA) is 78.8 Å². The molecular weight excluding hydrogens is 238 g/mol. The molecule has 0 aliphatic heterocycles. The van der Waals surface area contributed by atoms with Crippen molar-refractivity contribution in [3.63, 3.8) is 0 Å². The summed E-state index contributed by atoms with van der Waals surface area (Å²) in [7, 11) is 0. The summed E-state index contributed by atoms with van der Waals surface area (Å²) < 4.78 is 0. The van der Waals surface area contributed by atoms with Crippen LogP contribution in [-0.2, 0) is 0 Å². The Balaban J connectivity index is 3.14. The monoisotopic (exact) mass is 261 g/mol. The quantitative estimate of drug-likeness (QED) is 0.851. The van der Waals surface area contributed by atoms with Gasteiger partial charge in [-0.1, -0.05) is 27.7 Å². The lowest BCUT2D eigenvalue weighted by atomic mass is 10.0. The first-order valence-electron chi connectivity index (χ1n) is 6.69. The summed E-state index contributed by atoms with van der Waals surface area (Å²) in [5.74, 6) is 2.15. The maximum absolute atomic E-state index is 8.80. The molecule has 0 saturated carbocycles. The largest absolute Gasteiger partial charge is 0.383 e. The van der Waals surface area contributed by atoms with Gasteiger partial charge in [-0.3, -0.25) is 0 Å². The van der Waals surface area contributed by atoms with E-state index in [2.05, 4.69) is 48.6 Å². The van der Waals surface area contributed by atoms with Crippen molar-refractivity contribution in [2.45, 2.75) is 40.0 Å². The molecule has 0 aliphatic rings. The van der Waals surface area contributed by atoms with Crippen molar-refractivity contribution in [3.05, 3.63) is 11.9 Å². The molecule has 0 aromatic carbocycles. The molecule has 0 fully saturated rings. The molecule has 19 heavy (non-hydrogen) atoms. The van der Waals surface area contributed by atoms with E-state index in [4.69, 9.17) is 11.0 Å². The average molecular weight is 261 g/mol. The predicted molar refractivity (Wildman–Crippen MR) is 77.8 cm³/mol. The molecule has 0 amide bonds. The second kappa shape index (κ2) is 6.93. The summed E-state index contributed by atoms with van der Waals surface area (Å²) in [5, 5.41) is 8.80. The summed E-state index contributed by atoms with van der Waals surface area (Å²) in [6.07, 6.45) is 1.98. The van der Waals surface area contributed by atoms with E-state index in [1.165, 1.54) is 6.33 Å². The minimum absolute atomic E-state index is 0.257. The number of nitriles is 1. The van der Waals surface area contributed by atoms with Crippen molar-refractivity contribution in [2.75, 3.05) is 23.7 Å². The molecule has 0 saturated heterocycles. The Morgan fingerprint density at radius 1 is 1.32 bits per heavy atom. The normalized spacial score (nSPS) is 10.8. The number of hydrogen-bond acceptors (Lipinski definition) is 5. The molecular formula is C14H23N5. The summed E-state index contributed by atoms with van der Waals surface area (Å²) in [6.45, 7) is 9.99. The Labute approximate surface area is 115 Å². The van der Waals surface area contributed by atoms with Gasteiger partial charge in [0.15, 0.2) is 0 Å². The molecule has 1 aromatic rings. The van der Waals surface area contributed by atoms with E-state index >= 15 is 0 Å². The van der Waals surface area contributed by atoms with Crippen LogP contribution in [0.1, 0.15) is 45.6 Å². The van der Waals surface area contributed by atoms with Crippen molar-refractivity contribution in [2.24, 2.45) is 5.92 Å². The smallest absolute Gasteiger partial charge is 0.137 e. The van der Waals surface area contributed by atoms with Crippen LogP contribution in [0.4, 0.5) is 11.6 Å². The second-order valence-electron chi connectivity index (χ2n) is 5.40. The first kappa shape index (κ1) is 15.2. The summed E-state index contributed by atoms with van der Waals surface area (Å²) >= 11 is 0. The Hall–Kier alpha value is -1.83. The van der Waals surface area contributed by atoms with Crippen molar-refractivity contribution < 1.29 is 0 Å². The van der Waals surface area contributed by atoms with Crippen LogP contribution in [0.3, 0.4) is 0 Å². The van der Waals surface area contributed by atoms with E-state index in [9.17, 15) is 0 Å². The van der Waals surface area contributed by atoms with Gasteiger partial charge in [-0.05, 0) is 11.8 Å². The molecule has 0 bridgehead atoms. The van der Waals surface area contributed by atoms with Gasteiger partial charge in [0.2, 0.25) is 0 Å². The molecule has 5 nitrogen and oxygen atoms in total. The number of nitrogen functional groups attached to an aromatic ring is 1. The molecule has 2 N–H and O–H groups in total. The highest BCUT2D eigenvalue weighted by Gasteiger charge is 2.19. The van der Waals surface area contributed by atoms with E-state index in [0.717, 1.165) is 17.9 Å². The standard InChI is InChI=1S/C14H23N5/c1-10(2)8-19(7-5-6-15)14-12(11(3)4)13(16)17-9-18-14/h9-11H,5,7-8H2,1-4H3,(H2,16,17,18). The molecule has 0 aliphatic carbocycles. The van der Waals surface area contributed by atoms with Crippen molar-refractivity contribution in [1.29, 1.82) is 5.26 Å². The molecule has 0 atom stereocenters. The lowest BCUT2D eigenvalue weighted by molar-refractivity contribution is 0.603. The molecule has 1 rings (SSSR count). The van der Waals surface area contributed by atoms with Crippen molar-refractivity contribution in [1.82, 2.24) is 9.97 Å². The van der Waals surface area contributed by atoms with Crippen molar-refractivity contribution in [3.8, 4) is 6.07 Å². The van der Waals surface area contributed by atoms with E-state index < -0.39 is 0 Å². The molecule has 0 radical (unpaired) electrons. The van der Waals surface area contributed by atoms with Crippen LogP contribution in [0.15, 0.2) is 6.33 Å². The fraction of sp³-hybridized carbons (Fsp3) is 0.643. The van der Waals surface area contributed by atoms with Gasteiger partial charge in [0, 0.05) is 18.7 Å². The van der Waals surface area contributed by atoms with E-state index in [-0.39, 0.29) is 5.92 Å². The first-order valence-corrected chi connectivity index (χ1v) is 6.69. The maximum Gasteiger partial charge on any atom is 0.137 e. The second-order valence-corrected chi connectivity index (χ2v) is 5.40. The predicted octanol–water partition coefficient (Wildman–Crippen LogP) is 2.56. The van der Waals surface area contributed by atoms with Crippen LogP contribution in [-0.4, -0.2) is 23.1 Å². The highest BCUT2D eigenvalue weighted by atomic mass is 15.2. The van der Waals surface area contributed by atoms with Crippen molar-refractivity contribution >= 4 is 11.6 Å². The maximum atomic E-state index is 8.80. The van der Waals surface area contributed by atoms with Crippen LogP contribution in [0.2, 0.25) is 0 Å². The molecule has 0 unspecified atom stereocenters. The zero-order chi connectivity index (χ0) is 14.4. The fourth-order valence-corrected chi connectivity index (χ4v) is 2.11. The molecule has 5 heteroatoms. The SMILES string of the molecule is CC(C)CN(CCC#N)c1ncnc(N)c1C(C)C. The van der Waals surface area contributed by atoms with Crippen LogP contribution >= 0.6 is 0 Å². The molecule has 1 aromatic heterocycles. The van der Waals surface area contributed by atoms with Crippen LogP contribution < -0.4 is 10.6 Å². The Morgan fingerprint density at radius 3 is 2.53 bits per heavy atom. The summed E-state index contributed by atoms with van der Waals surface area (Å²) in [4.78, 5) is 10.6. The van der Waals surface area contributed by atoms with Gasteiger partial charge in [-0.25, -0.2) is 9.97 Å². The third-order valence-corrected chi connectivity index (χ3v) is 2.85. The van der Waals surface area contributed by atoms with Gasteiger partial charge < -0.3 is 10.6 Å². The van der Waals surface area contributed by atoms with Gasteiger partial charge in [-0.2, -0.15) is 5.26 Å². The number of hydrogen-bond donors (Lipinski definition) is 1. The Morgan fingerprint density at radius 2 is 2.00 bits per heavy atom. The number of nitrogens with two attached hydrogens (primary N) is 1. The third kappa shape index (κ3) is 4.09. The number of nitrogens with zero attached hydrogens (tertiary/aromatic N) is 4. The van der Waals surface area contributed by atoms with E-state index in [1.54, 1.807) is 0 Å². The summed E-state index contributed by atoms with van der Waals surface area (Å²) in [5.41, 5.74) is 6.95.